The van der Waals surface area contributed by atoms with Crippen molar-refractivity contribution >= 4 is 6.01 Å². The minimum atomic E-state index is -0.113. The first-order valence-electron chi connectivity index (χ1n) is 6.45. The highest BCUT2D eigenvalue weighted by Gasteiger charge is 2.21. The Labute approximate surface area is 110 Å². The van der Waals surface area contributed by atoms with Crippen LogP contribution in [0.2, 0.25) is 0 Å². The molecular formula is C12H17N5O2. The Kier molecular flexibility index (Phi) is 3.20. The molecule has 1 atom stereocenters. The van der Waals surface area contributed by atoms with E-state index in [1.54, 1.807) is 6.20 Å². The van der Waals surface area contributed by atoms with E-state index < -0.39 is 0 Å². The van der Waals surface area contributed by atoms with E-state index in [2.05, 4.69) is 25.8 Å². The second-order valence-electron chi connectivity index (χ2n) is 4.83. The van der Waals surface area contributed by atoms with Gasteiger partial charge in [0.15, 0.2) is 0 Å². The van der Waals surface area contributed by atoms with Crippen molar-refractivity contribution in [3.63, 3.8) is 0 Å². The molecule has 0 bridgehead atoms. The predicted molar refractivity (Wildman–Crippen MR) is 67.4 cm³/mol. The molecule has 7 heteroatoms. The molecule has 0 spiro atoms. The highest BCUT2D eigenvalue weighted by atomic mass is 16.4. The summed E-state index contributed by atoms with van der Waals surface area (Å²) in [5.41, 5.74) is 0. The van der Waals surface area contributed by atoms with Gasteiger partial charge in [-0.05, 0) is 26.7 Å². The first-order valence-corrected chi connectivity index (χ1v) is 6.45. The molecule has 1 aliphatic carbocycles. The fourth-order valence-corrected chi connectivity index (χ4v) is 1.72. The Morgan fingerprint density at radius 3 is 2.89 bits per heavy atom. The molecule has 19 heavy (non-hydrogen) atoms. The van der Waals surface area contributed by atoms with E-state index in [1.807, 2.05) is 13.8 Å². The van der Waals surface area contributed by atoms with Gasteiger partial charge in [0.25, 0.3) is 0 Å². The van der Waals surface area contributed by atoms with Crippen molar-refractivity contribution in [3.8, 4) is 0 Å². The van der Waals surface area contributed by atoms with Gasteiger partial charge in [-0.3, -0.25) is 0 Å². The van der Waals surface area contributed by atoms with Crippen LogP contribution in [0.15, 0.2) is 15.0 Å². The third kappa shape index (κ3) is 3.11. The number of aryl methyl sites for hydroxylation is 1. The van der Waals surface area contributed by atoms with Crippen molar-refractivity contribution in [1.29, 1.82) is 0 Å². The highest BCUT2D eigenvalue weighted by molar-refractivity contribution is 5.21. The lowest BCUT2D eigenvalue weighted by atomic mass is 10.3. The molecule has 1 saturated carbocycles. The predicted octanol–water partition coefficient (Wildman–Crippen LogP) is 1.79. The molecule has 2 aromatic rings. The lowest BCUT2D eigenvalue weighted by molar-refractivity contribution is 0.439. The monoisotopic (exact) mass is 263 g/mol. The molecule has 7 nitrogen and oxygen atoms in total. The van der Waals surface area contributed by atoms with Crippen molar-refractivity contribution < 1.29 is 8.83 Å². The summed E-state index contributed by atoms with van der Waals surface area (Å²) in [6.45, 7) is 4.40. The van der Waals surface area contributed by atoms with E-state index in [1.165, 1.54) is 12.8 Å². The average molecular weight is 263 g/mol. The van der Waals surface area contributed by atoms with Crippen molar-refractivity contribution in [2.24, 2.45) is 0 Å². The number of hydrogen-bond acceptors (Lipinski definition) is 7. The number of aromatic nitrogens is 3. The van der Waals surface area contributed by atoms with Crippen LogP contribution in [0, 0.1) is 6.92 Å². The quantitative estimate of drug-likeness (QED) is 0.821. The first-order chi connectivity index (χ1) is 9.20. The fourth-order valence-electron chi connectivity index (χ4n) is 1.72. The smallest absolute Gasteiger partial charge is 0.316 e. The Bertz CT molecular complexity index is 546. The van der Waals surface area contributed by atoms with E-state index in [-0.39, 0.29) is 6.04 Å². The van der Waals surface area contributed by atoms with E-state index in [4.69, 9.17) is 8.83 Å². The van der Waals surface area contributed by atoms with Crippen molar-refractivity contribution in [1.82, 2.24) is 20.5 Å². The number of hydrogen-bond donors (Lipinski definition) is 2. The van der Waals surface area contributed by atoms with E-state index in [0.29, 0.717) is 30.4 Å². The molecule has 0 amide bonds. The third-order valence-corrected chi connectivity index (χ3v) is 2.94. The summed E-state index contributed by atoms with van der Waals surface area (Å²) in [6, 6.07) is 0.895. The molecule has 1 fully saturated rings. The van der Waals surface area contributed by atoms with Gasteiger partial charge in [-0.15, -0.1) is 5.10 Å². The molecule has 1 unspecified atom stereocenters. The van der Waals surface area contributed by atoms with Gasteiger partial charge in [0, 0.05) is 6.04 Å². The molecule has 0 radical (unpaired) electrons. The SMILES string of the molecule is Cc1cnc(C(C)Nc2nnc(CNC3CC3)o2)o1. The van der Waals surface area contributed by atoms with Gasteiger partial charge < -0.3 is 19.5 Å². The summed E-state index contributed by atoms with van der Waals surface area (Å²) in [6.07, 6.45) is 4.16. The maximum Gasteiger partial charge on any atom is 0.316 e. The summed E-state index contributed by atoms with van der Waals surface area (Å²) >= 11 is 0. The zero-order valence-electron chi connectivity index (χ0n) is 11.0. The van der Waals surface area contributed by atoms with Gasteiger partial charge in [-0.25, -0.2) is 4.98 Å². The topological polar surface area (TPSA) is 89.0 Å². The van der Waals surface area contributed by atoms with Crippen LogP contribution in [0.4, 0.5) is 6.01 Å². The molecule has 3 rings (SSSR count). The Morgan fingerprint density at radius 1 is 1.37 bits per heavy atom. The second kappa shape index (κ2) is 5.00. The van der Waals surface area contributed by atoms with Crippen molar-refractivity contribution in [2.45, 2.75) is 45.3 Å². The molecule has 102 valence electrons. The zero-order chi connectivity index (χ0) is 13.2. The fraction of sp³-hybridized carbons (Fsp3) is 0.583. The van der Waals surface area contributed by atoms with Crippen molar-refractivity contribution in [2.75, 3.05) is 5.32 Å². The molecule has 0 aliphatic heterocycles. The number of rotatable bonds is 6. The highest BCUT2D eigenvalue weighted by Crippen LogP contribution is 2.20. The van der Waals surface area contributed by atoms with Gasteiger partial charge in [0.05, 0.1) is 12.7 Å². The molecule has 0 saturated heterocycles. The lowest BCUT2D eigenvalue weighted by Gasteiger charge is -2.06. The first kappa shape index (κ1) is 12.2. The molecule has 0 aromatic carbocycles. The largest absolute Gasteiger partial charge is 0.444 e. The minimum absolute atomic E-state index is 0.113. The van der Waals surface area contributed by atoms with E-state index in [9.17, 15) is 0 Å². The van der Waals surface area contributed by atoms with Crippen LogP contribution in [0.1, 0.15) is 43.3 Å². The Balaban J connectivity index is 1.56. The van der Waals surface area contributed by atoms with E-state index >= 15 is 0 Å². The van der Waals surface area contributed by atoms with Crippen molar-refractivity contribution in [3.05, 3.63) is 23.7 Å². The number of nitrogens with zero attached hydrogens (tertiary/aromatic N) is 3. The summed E-state index contributed by atoms with van der Waals surface area (Å²) in [5.74, 6) is 1.97. The van der Waals surface area contributed by atoms with Crippen LogP contribution in [0.25, 0.3) is 0 Å². The summed E-state index contributed by atoms with van der Waals surface area (Å²) in [4.78, 5) is 4.16. The molecule has 2 aromatic heterocycles. The molecule has 2 heterocycles. The van der Waals surface area contributed by atoms with Crippen LogP contribution in [-0.2, 0) is 6.54 Å². The van der Waals surface area contributed by atoms with Gasteiger partial charge in [0.1, 0.15) is 11.8 Å². The Morgan fingerprint density at radius 2 is 2.21 bits per heavy atom. The summed E-state index contributed by atoms with van der Waals surface area (Å²) in [7, 11) is 0. The summed E-state index contributed by atoms with van der Waals surface area (Å²) in [5, 5.41) is 14.3. The van der Waals surface area contributed by atoms with Gasteiger partial charge in [0.2, 0.25) is 11.8 Å². The van der Waals surface area contributed by atoms with Crippen LogP contribution < -0.4 is 10.6 Å². The third-order valence-electron chi connectivity index (χ3n) is 2.94. The molecule has 1 aliphatic rings. The number of anilines is 1. The van der Waals surface area contributed by atoms with Crippen LogP contribution in [0.5, 0.6) is 0 Å². The van der Waals surface area contributed by atoms with Crippen LogP contribution in [-0.4, -0.2) is 21.2 Å². The molecule has 2 N–H and O–H groups in total. The van der Waals surface area contributed by atoms with Gasteiger partial charge in [-0.2, -0.15) is 0 Å². The average Bonchev–Trinajstić information content (AvgIpc) is 2.95. The maximum absolute atomic E-state index is 5.50. The number of oxazole rings is 1. The van der Waals surface area contributed by atoms with Gasteiger partial charge >= 0.3 is 6.01 Å². The molecular weight excluding hydrogens is 246 g/mol. The van der Waals surface area contributed by atoms with E-state index in [0.717, 1.165) is 5.76 Å². The minimum Gasteiger partial charge on any atom is -0.444 e. The maximum atomic E-state index is 5.50. The lowest BCUT2D eigenvalue weighted by Crippen LogP contribution is -2.15. The zero-order valence-corrected chi connectivity index (χ0v) is 11.0. The number of nitrogens with one attached hydrogen (secondary N) is 2. The van der Waals surface area contributed by atoms with Crippen LogP contribution in [0.3, 0.4) is 0 Å². The van der Waals surface area contributed by atoms with Crippen LogP contribution >= 0.6 is 0 Å². The van der Waals surface area contributed by atoms with Gasteiger partial charge in [-0.1, -0.05) is 5.10 Å². The summed E-state index contributed by atoms with van der Waals surface area (Å²) < 4.78 is 10.9. The Hall–Kier alpha value is -1.89. The normalized spacial score (nSPS) is 16.5. The standard InChI is InChI=1S/C12H17N5O2/c1-7-5-14-11(18-7)8(2)15-12-17-16-10(19-12)6-13-9-3-4-9/h5,8-9,13H,3-4,6H2,1-2H3,(H,15,17). The second-order valence-corrected chi connectivity index (χ2v) is 4.83.